The van der Waals surface area contributed by atoms with Gasteiger partial charge in [-0.05, 0) is 47.4 Å². The van der Waals surface area contributed by atoms with Gasteiger partial charge in [0.1, 0.15) is 0 Å². The molecule has 0 aliphatic carbocycles. The molecule has 1 unspecified atom stereocenters. The Bertz CT molecular complexity index is 392. The third-order valence-electron chi connectivity index (χ3n) is 3.63. The Morgan fingerprint density at radius 3 is 2.89 bits per heavy atom. The van der Waals surface area contributed by atoms with Crippen LogP contribution >= 0.6 is 27.3 Å². The van der Waals surface area contributed by atoms with Crippen molar-refractivity contribution in [1.82, 2.24) is 4.90 Å². The summed E-state index contributed by atoms with van der Waals surface area (Å²) in [5.41, 5.74) is 0. The Morgan fingerprint density at radius 1 is 1.33 bits per heavy atom. The molecule has 1 aromatic rings. The molecule has 0 amide bonds. The van der Waals surface area contributed by atoms with E-state index in [0.29, 0.717) is 6.04 Å². The zero-order valence-electron chi connectivity index (χ0n) is 10.3. The van der Waals surface area contributed by atoms with Crippen LogP contribution in [0.2, 0.25) is 0 Å². The lowest BCUT2D eigenvalue weighted by Crippen LogP contribution is -2.27. The van der Waals surface area contributed by atoms with Gasteiger partial charge in [-0.3, -0.25) is 4.90 Å². The molecule has 0 bridgehead atoms. The molecule has 0 aromatic carbocycles. The molecule has 2 fully saturated rings. The van der Waals surface area contributed by atoms with E-state index in [1.165, 1.54) is 28.0 Å². The van der Waals surface area contributed by atoms with E-state index in [4.69, 9.17) is 9.47 Å². The van der Waals surface area contributed by atoms with Crippen molar-refractivity contribution in [3.05, 3.63) is 20.8 Å². The zero-order valence-corrected chi connectivity index (χ0v) is 12.7. The molecule has 3 heterocycles. The fourth-order valence-electron chi connectivity index (χ4n) is 2.77. The minimum Gasteiger partial charge on any atom is -0.350 e. The highest BCUT2D eigenvalue weighted by molar-refractivity contribution is 9.11. The molecule has 5 heteroatoms. The van der Waals surface area contributed by atoms with E-state index in [-0.39, 0.29) is 6.29 Å². The second-order valence-corrected chi connectivity index (χ2v) is 7.29. The highest BCUT2D eigenvalue weighted by Crippen LogP contribution is 2.37. The van der Waals surface area contributed by atoms with E-state index in [0.717, 1.165) is 26.2 Å². The summed E-state index contributed by atoms with van der Waals surface area (Å²) in [6.45, 7) is 3.79. The Hall–Kier alpha value is 0.0600. The zero-order chi connectivity index (χ0) is 12.4. The van der Waals surface area contributed by atoms with Crippen molar-refractivity contribution in [3.8, 4) is 0 Å². The molecule has 0 saturated carbocycles. The molecule has 1 aromatic heterocycles. The Kier molecular flexibility index (Phi) is 4.36. The van der Waals surface area contributed by atoms with Gasteiger partial charge < -0.3 is 9.47 Å². The lowest BCUT2D eigenvalue weighted by Gasteiger charge is -2.24. The quantitative estimate of drug-likeness (QED) is 0.843. The van der Waals surface area contributed by atoms with Gasteiger partial charge in [-0.15, -0.1) is 11.3 Å². The van der Waals surface area contributed by atoms with Gasteiger partial charge in [-0.2, -0.15) is 0 Å². The van der Waals surface area contributed by atoms with Crippen LogP contribution in [0.3, 0.4) is 0 Å². The van der Waals surface area contributed by atoms with Gasteiger partial charge >= 0.3 is 0 Å². The summed E-state index contributed by atoms with van der Waals surface area (Å²) in [4.78, 5) is 4.05. The molecule has 0 spiro atoms. The van der Waals surface area contributed by atoms with E-state index in [1.54, 1.807) is 0 Å². The predicted octanol–water partition coefficient (Wildman–Crippen LogP) is 3.41. The van der Waals surface area contributed by atoms with E-state index >= 15 is 0 Å². The summed E-state index contributed by atoms with van der Waals surface area (Å²) in [5, 5.41) is 0. The summed E-state index contributed by atoms with van der Waals surface area (Å²) >= 11 is 5.41. The lowest BCUT2D eigenvalue weighted by molar-refractivity contribution is -0.0520. The standard InChI is InChI=1S/C13H18BrNO2S/c14-12-4-3-11(18-12)10-2-1-6-15(10)7-5-13-16-8-9-17-13/h3-4,10,13H,1-2,5-9H2. The highest BCUT2D eigenvalue weighted by Gasteiger charge is 2.28. The van der Waals surface area contributed by atoms with E-state index in [2.05, 4.69) is 33.0 Å². The number of ether oxygens (including phenoxy) is 2. The lowest BCUT2D eigenvalue weighted by atomic mass is 10.2. The number of likely N-dealkylation sites (tertiary alicyclic amines) is 1. The Morgan fingerprint density at radius 2 is 2.17 bits per heavy atom. The smallest absolute Gasteiger partial charge is 0.159 e. The summed E-state index contributed by atoms with van der Waals surface area (Å²) < 4.78 is 12.2. The van der Waals surface area contributed by atoms with Gasteiger partial charge in [-0.1, -0.05) is 0 Å². The van der Waals surface area contributed by atoms with Crippen molar-refractivity contribution in [1.29, 1.82) is 0 Å². The molecule has 100 valence electrons. The number of hydrogen-bond acceptors (Lipinski definition) is 4. The van der Waals surface area contributed by atoms with Gasteiger partial charge in [0.2, 0.25) is 0 Å². The molecule has 3 nitrogen and oxygen atoms in total. The monoisotopic (exact) mass is 331 g/mol. The average Bonchev–Trinajstić information content (AvgIpc) is 3.07. The maximum Gasteiger partial charge on any atom is 0.159 e. The molecule has 0 N–H and O–H groups in total. The van der Waals surface area contributed by atoms with Crippen molar-refractivity contribution in [3.63, 3.8) is 0 Å². The molecule has 0 radical (unpaired) electrons. The van der Waals surface area contributed by atoms with Crippen LogP contribution in [0.15, 0.2) is 15.9 Å². The second kappa shape index (κ2) is 6.01. The second-order valence-electron chi connectivity index (χ2n) is 4.80. The third kappa shape index (κ3) is 2.96. The number of nitrogens with zero attached hydrogens (tertiary/aromatic N) is 1. The first-order valence-corrected chi connectivity index (χ1v) is 8.16. The van der Waals surface area contributed by atoms with Gasteiger partial charge in [0.25, 0.3) is 0 Å². The molecule has 18 heavy (non-hydrogen) atoms. The van der Waals surface area contributed by atoms with Crippen molar-refractivity contribution in [2.75, 3.05) is 26.3 Å². The maximum absolute atomic E-state index is 5.50. The first-order chi connectivity index (χ1) is 8.83. The van der Waals surface area contributed by atoms with Crippen LogP contribution in [0.1, 0.15) is 30.2 Å². The molecule has 2 aliphatic rings. The van der Waals surface area contributed by atoms with Crippen LogP contribution in [0.25, 0.3) is 0 Å². The number of rotatable bonds is 4. The van der Waals surface area contributed by atoms with Crippen molar-refractivity contribution in [2.45, 2.75) is 31.6 Å². The minimum atomic E-state index is 0.0290. The largest absolute Gasteiger partial charge is 0.350 e. The first-order valence-electron chi connectivity index (χ1n) is 6.55. The first kappa shape index (κ1) is 13.1. The van der Waals surface area contributed by atoms with Crippen LogP contribution in [0, 0.1) is 0 Å². The number of hydrogen-bond donors (Lipinski definition) is 0. The van der Waals surface area contributed by atoms with E-state index < -0.39 is 0 Å². The topological polar surface area (TPSA) is 21.7 Å². The van der Waals surface area contributed by atoms with E-state index in [1.807, 2.05) is 11.3 Å². The third-order valence-corrected chi connectivity index (χ3v) is 5.35. The average molecular weight is 332 g/mol. The summed E-state index contributed by atoms with van der Waals surface area (Å²) in [6.07, 6.45) is 3.59. The van der Waals surface area contributed by atoms with Crippen LogP contribution in [-0.4, -0.2) is 37.5 Å². The predicted molar refractivity (Wildman–Crippen MR) is 75.9 cm³/mol. The highest BCUT2D eigenvalue weighted by atomic mass is 79.9. The molecular weight excluding hydrogens is 314 g/mol. The number of thiophene rings is 1. The summed E-state index contributed by atoms with van der Waals surface area (Å²) in [7, 11) is 0. The normalized spacial score (nSPS) is 26.2. The van der Waals surface area contributed by atoms with Crippen molar-refractivity contribution < 1.29 is 9.47 Å². The fraction of sp³-hybridized carbons (Fsp3) is 0.692. The van der Waals surface area contributed by atoms with Crippen molar-refractivity contribution >= 4 is 27.3 Å². The van der Waals surface area contributed by atoms with Gasteiger partial charge in [-0.25, -0.2) is 0 Å². The SMILES string of the molecule is Brc1ccc(C2CCCN2CCC2OCCO2)s1. The maximum atomic E-state index is 5.50. The van der Waals surface area contributed by atoms with Gasteiger partial charge in [0.05, 0.1) is 17.0 Å². The van der Waals surface area contributed by atoms with Crippen LogP contribution in [0.5, 0.6) is 0 Å². The Balaban J connectivity index is 1.57. The van der Waals surface area contributed by atoms with Gasteiger partial charge in [0.15, 0.2) is 6.29 Å². The molecule has 1 atom stereocenters. The van der Waals surface area contributed by atoms with E-state index in [9.17, 15) is 0 Å². The molecule has 2 aliphatic heterocycles. The molecule has 2 saturated heterocycles. The number of halogens is 1. The molecular formula is C13H18BrNO2S. The van der Waals surface area contributed by atoms with Crippen molar-refractivity contribution in [2.24, 2.45) is 0 Å². The van der Waals surface area contributed by atoms with Crippen LogP contribution < -0.4 is 0 Å². The van der Waals surface area contributed by atoms with Crippen LogP contribution in [0.4, 0.5) is 0 Å². The molecule has 3 rings (SSSR count). The Labute approximate surface area is 120 Å². The summed E-state index contributed by atoms with van der Waals surface area (Å²) in [6, 6.07) is 5.00. The summed E-state index contributed by atoms with van der Waals surface area (Å²) in [5.74, 6) is 0. The van der Waals surface area contributed by atoms with Gasteiger partial charge in [0, 0.05) is 23.9 Å². The van der Waals surface area contributed by atoms with Crippen LogP contribution in [-0.2, 0) is 9.47 Å². The fourth-order valence-corrected chi connectivity index (χ4v) is 4.36. The minimum absolute atomic E-state index is 0.0290.